The van der Waals surface area contributed by atoms with Crippen LogP contribution in [0.5, 0.6) is 11.5 Å². The van der Waals surface area contributed by atoms with Gasteiger partial charge in [0.05, 0.1) is 0 Å². The van der Waals surface area contributed by atoms with Crippen molar-refractivity contribution in [2.75, 3.05) is 5.73 Å². The molecular formula is C16H15F2NO. The molecule has 20 heavy (non-hydrogen) atoms. The minimum absolute atomic E-state index is 0.0123. The highest BCUT2D eigenvalue weighted by Gasteiger charge is 2.13. The number of hydrogen-bond donors (Lipinski definition) is 1. The predicted molar refractivity (Wildman–Crippen MR) is 73.9 cm³/mol. The lowest BCUT2D eigenvalue weighted by Gasteiger charge is -2.17. The Morgan fingerprint density at radius 1 is 0.950 bits per heavy atom. The lowest BCUT2D eigenvalue weighted by Crippen LogP contribution is -2.03. The van der Waals surface area contributed by atoms with E-state index in [0.717, 1.165) is 31.4 Å². The normalized spacial score (nSPS) is 13.9. The largest absolute Gasteiger partial charge is 0.455 e. The summed E-state index contributed by atoms with van der Waals surface area (Å²) in [7, 11) is 0. The van der Waals surface area contributed by atoms with Crippen LogP contribution < -0.4 is 10.5 Å². The van der Waals surface area contributed by atoms with Crippen molar-refractivity contribution in [3.05, 3.63) is 53.1 Å². The lowest BCUT2D eigenvalue weighted by atomic mass is 9.92. The summed E-state index contributed by atoms with van der Waals surface area (Å²) < 4.78 is 32.1. The topological polar surface area (TPSA) is 35.2 Å². The van der Waals surface area contributed by atoms with Crippen molar-refractivity contribution in [3.8, 4) is 11.5 Å². The van der Waals surface area contributed by atoms with Gasteiger partial charge in [0, 0.05) is 12.1 Å². The van der Waals surface area contributed by atoms with E-state index in [0.29, 0.717) is 5.75 Å². The minimum atomic E-state index is -0.807. The maximum absolute atomic E-state index is 13.4. The zero-order valence-corrected chi connectivity index (χ0v) is 11.0. The molecule has 0 saturated carbocycles. The van der Waals surface area contributed by atoms with E-state index in [4.69, 9.17) is 10.5 Å². The number of nitrogens with two attached hydrogens (primary N) is 1. The molecule has 2 aromatic carbocycles. The molecule has 0 aromatic heterocycles. The van der Waals surface area contributed by atoms with Crippen molar-refractivity contribution in [1.82, 2.24) is 0 Å². The molecule has 104 valence electrons. The van der Waals surface area contributed by atoms with Gasteiger partial charge in [0.2, 0.25) is 0 Å². The van der Waals surface area contributed by atoms with Gasteiger partial charge < -0.3 is 10.5 Å². The van der Waals surface area contributed by atoms with Gasteiger partial charge in [-0.2, -0.15) is 0 Å². The lowest BCUT2D eigenvalue weighted by molar-refractivity contribution is 0.470. The number of fused-ring (bicyclic) bond motifs is 1. The van der Waals surface area contributed by atoms with E-state index < -0.39 is 11.6 Å². The number of nitrogen functional groups attached to an aromatic ring is 1. The van der Waals surface area contributed by atoms with Crippen LogP contribution in [0.4, 0.5) is 14.5 Å². The number of halogens is 2. The second-order valence-electron chi connectivity index (χ2n) is 5.04. The van der Waals surface area contributed by atoms with Crippen LogP contribution in [0, 0.1) is 11.6 Å². The smallest absolute Gasteiger partial charge is 0.156 e. The van der Waals surface area contributed by atoms with Crippen molar-refractivity contribution in [1.29, 1.82) is 0 Å². The number of anilines is 1. The first-order valence-electron chi connectivity index (χ1n) is 6.67. The van der Waals surface area contributed by atoms with E-state index in [-0.39, 0.29) is 11.4 Å². The summed E-state index contributed by atoms with van der Waals surface area (Å²) in [6.07, 6.45) is 4.45. The summed E-state index contributed by atoms with van der Waals surface area (Å²) in [6, 6.07) is 7.59. The third-order valence-electron chi connectivity index (χ3n) is 3.60. The summed E-state index contributed by atoms with van der Waals surface area (Å²) in [6.45, 7) is 0. The first-order chi connectivity index (χ1) is 9.63. The van der Waals surface area contributed by atoms with Gasteiger partial charge in [0.25, 0.3) is 0 Å². The quantitative estimate of drug-likeness (QED) is 0.833. The highest BCUT2D eigenvalue weighted by Crippen LogP contribution is 2.32. The van der Waals surface area contributed by atoms with Crippen molar-refractivity contribution in [2.24, 2.45) is 0 Å². The van der Waals surface area contributed by atoms with Gasteiger partial charge in [-0.15, -0.1) is 0 Å². The average molecular weight is 275 g/mol. The standard InChI is InChI=1S/C16H15F2NO/c17-12-8-14(18)16(19)15(9-12)20-13-6-5-10-3-1-2-4-11(10)7-13/h5-9H,1-4,19H2. The third kappa shape index (κ3) is 2.46. The number of rotatable bonds is 2. The van der Waals surface area contributed by atoms with Crippen LogP contribution in [0.25, 0.3) is 0 Å². The van der Waals surface area contributed by atoms with Crippen LogP contribution in [0.1, 0.15) is 24.0 Å². The highest BCUT2D eigenvalue weighted by atomic mass is 19.1. The summed E-state index contributed by atoms with van der Waals surface area (Å²) >= 11 is 0. The molecule has 0 atom stereocenters. The summed E-state index contributed by atoms with van der Waals surface area (Å²) in [5.74, 6) is -0.941. The molecule has 0 spiro atoms. The zero-order chi connectivity index (χ0) is 14.1. The van der Waals surface area contributed by atoms with Crippen LogP contribution >= 0.6 is 0 Å². The molecular weight excluding hydrogens is 260 g/mol. The first-order valence-corrected chi connectivity index (χ1v) is 6.67. The highest BCUT2D eigenvalue weighted by molar-refractivity contribution is 5.55. The van der Waals surface area contributed by atoms with E-state index >= 15 is 0 Å². The fourth-order valence-electron chi connectivity index (χ4n) is 2.55. The first kappa shape index (κ1) is 12.9. The fraction of sp³-hybridized carbons (Fsp3) is 0.250. The molecule has 0 unspecified atom stereocenters. The van der Waals surface area contributed by atoms with E-state index in [2.05, 4.69) is 0 Å². The Morgan fingerprint density at radius 3 is 2.50 bits per heavy atom. The molecule has 3 rings (SSSR count). The molecule has 0 saturated heterocycles. The SMILES string of the molecule is Nc1c(F)cc(F)cc1Oc1ccc2c(c1)CCCC2. The fourth-order valence-corrected chi connectivity index (χ4v) is 2.55. The number of benzene rings is 2. The molecule has 0 radical (unpaired) electrons. The molecule has 0 fully saturated rings. The molecule has 0 amide bonds. The second-order valence-corrected chi connectivity index (χ2v) is 5.04. The molecule has 2 aromatic rings. The summed E-state index contributed by atoms with van der Waals surface area (Å²) in [5.41, 5.74) is 7.96. The van der Waals surface area contributed by atoms with Crippen LogP contribution in [-0.4, -0.2) is 0 Å². The van der Waals surface area contributed by atoms with Gasteiger partial charge in [-0.3, -0.25) is 0 Å². The molecule has 0 bridgehead atoms. The molecule has 1 aliphatic rings. The van der Waals surface area contributed by atoms with E-state index in [1.165, 1.54) is 17.5 Å². The zero-order valence-electron chi connectivity index (χ0n) is 11.0. The van der Waals surface area contributed by atoms with Gasteiger partial charge in [0.1, 0.15) is 17.3 Å². The Hall–Kier alpha value is -2.10. The van der Waals surface area contributed by atoms with Gasteiger partial charge in [0.15, 0.2) is 11.6 Å². The maximum atomic E-state index is 13.4. The van der Waals surface area contributed by atoms with Gasteiger partial charge >= 0.3 is 0 Å². The predicted octanol–water partition coefficient (Wildman–Crippen LogP) is 4.22. The van der Waals surface area contributed by atoms with E-state index in [9.17, 15) is 8.78 Å². The molecule has 0 aliphatic heterocycles. The van der Waals surface area contributed by atoms with Gasteiger partial charge in [-0.1, -0.05) is 6.07 Å². The number of ether oxygens (including phenoxy) is 1. The molecule has 2 nitrogen and oxygen atoms in total. The molecule has 0 heterocycles. The van der Waals surface area contributed by atoms with Gasteiger partial charge in [-0.25, -0.2) is 8.78 Å². The second kappa shape index (κ2) is 5.12. The van der Waals surface area contributed by atoms with Crippen molar-refractivity contribution < 1.29 is 13.5 Å². The summed E-state index contributed by atoms with van der Waals surface area (Å²) in [5, 5.41) is 0. The Morgan fingerprint density at radius 2 is 1.70 bits per heavy atom. The minimum Gasteiger partial charge on any atom is -0.455 e. The van der Waals surface area contributed by atoms with Crippen LogP contribution in [0.3, 0.4) is 0 Å². The van der Waals surface area contributed by atoms with Crippen LogP contribution in [-0.2, 0) is 12.8 Å². The number of hydrogen-bond acceptors (Lipinski definition) is 2. The van der Waals surface area contributed by atoms with Crippen molar-refractivity contribution in [3.63, 3.8) is 0 Å². The maximum Gasteiger partial charge on any atom is 0.156 e. The van der Waals surface area contributed by atoms with Crippen molar-refractivity contribution >= 4 is 5.69 Å². The Kier molecular flexibility index (Phi) is 3.30. The van der Waals surface area contributed by atoms with E-state index in [1.54, 1.807) is 0 Å². The third-order valence-corrected chi connectivity index (χ3v) is 3.60. The van der Waals surface area contributed by atoms with Gasteiger partial charge in [-0.05, 0) is 48.9 Å². The van der Waals surface area contributed by atoms with Crippen LogP contribution in [0.15, 0.2) is 30.3 Å². The molecule has 2 N–H and O–H groups in total. The average Bonchev–Trinajstić information content (AvgIpc) is 2.44. The Labute approximate surface area is 116 Å². The van der Waals surface area contributed by atoms with Crippen LogP contribution in [0.2, 0.25) is 0 Å². The number of aryl methyl sites for hydroxylation is 2. The van der Waals surface area contributed by atoms with Crippen molar-refractivity contribution in [2.45, 2.75) is 25.7 Å². The monoisotopic (exact) mass is 275 g/mol. The Balaban J connectivity index is 1.91. The Bertz CT molecular complexity index is 655. The molecule has 4 heteroatoms. The molecule has 1 aliphatic carbocycles. The van der Waals surface area contributed by atoms with E-state index in [1.807, 2.05) is 18.2 Å². The summed E-state index contributed by atoms with van der Waals surface area (Å²) in [4.78, 5) is 0.